The summed E-state index contributed by atoms with van der Waals surface area (Å²) in [7, 11) is 1.68. The topological polar surface area (TPSA) is 94.2 Å². The second kappa shape index (κ2) is 11.7. The average Bonchev–Trinajstić information content (AvgIpc) is 2.88. The highest BCUT2D eigenvalue weighted by Crippen LogP contribution is 2.33. The molecule has 1 saturated heterocycles. The number of anilines is 1. The number of carbonyl (C=O) groups excluding carboxylic acids is 3. The first-order valence-corrected chi connectivity index (χ1v) is 13.1. The van der Waals surface area contributed by atoms with E-state index in [0.717, 1.165) is 22.4 Å². The number of piperazine rings is 1. The molecular formula is C29H37N5O4. The number of benzene rings is 2. The maximum Gasteiger partial charge on any atom is 0.338 e. The lowest BCUT2D eigenvalue weighted by molar-refractivity contribution is -0.139. The summed E-state index contributed by atoms with van der Waals surface area (Å²) in [6, 6.07) is 14.3. The molecule has 2 aliphatic heterocycles. The summed E-state index contributed by atoms with van der Waals surface area (Å²) in [5.74, 6) is -0.436. The van der Waals surface area contributed by atoms with Gasteiger partial charge in [-0.05, 0) is 51.0 Å². The Hall–Kier alpha value is -3.85. The first-order valence-electron chi connectivity index (χ1n) is 13.1. The molecule has 9 heteroatoms. The van der Waals surface area contributed by atoms with Crippen LogP contribution in [0.2, 0.25) is 0 Å². The number of hydrogen-bond acceptors (Lipinski definition) is 5. The Balaban J connectivity index is 1.59. The summed E-state index contributed by atoms with van der Waals surface area (Å²) < 4.78 is 5.48. The van der Waals surface area contributed by atoms with Crippen molar-refractivity contribution in [2.75, 3.05) is 45.2 Å². The van der Waals surface area contributed by atoms with E-state index in [1.54, 1.807) is 14.0 Å². The van der Waals surface area contributed by atoms with Gasteiger partial charge in [0.2, 0.25) is 0 Å². The van der Waals surface area contributed by atoms with E-state index in [2.05, 4.69) is 15.5 Å². The van der Waals surface area contributed by atoms with E-state index < -0.39 is 12.0 Å². The van der Waals surface area contributed by atoms with Crippen LogP contribution in [0.15, 0.2) is 59.8 Å². The largest absolute Gasteiger partial charge is 0.463 e. The number of amides is 4. The van der Waals surface area contributed by atoms with Gasteiger partial charge in [0.05, 0.1) is 18.2 Å². The smallest absolute Gasteiger partial charge is 0.338 e. The quantitative estimate of drug-likeness (QED) is 0.562. The first kappa shape index (κ1) is 27.2. The Bertz CT molecular complexity index is 1230. The SMILES string of the molecule is CCOC(=O)C1=C(CN2CCN(C(=O)Nc3ccccc3)[C@H](C)C2)N(C)C(=O)N[C@H]1c1cc(C)ccc1C. The number of rotatable bonds is 6. The number of para-hydroxylation sites is 1. The predicted molar refractivity (Wildman–Crippen MR) is 147 cm³/mol. The van der Waals surface area contributed by atoms with Crippen molar-refractivity contribution in [2.24, 2.45) is 0 Å². The van der Waals surface area contributed by atoms with Gasteiger partial charge in [0.15, 0.2) is 0 Å². The number of nitrogens with one attached hydrogen (secondary N) is 2. The van der Waals surface area contributed by atoms with Gasteiger partial charge in [0.25, 0.3) is 0 Å². The number of likely N-dealkylation sites (N-methyl/N-ethyl adjacent to an activating group) is 1. The van der Waals surface area contributed by atoms with Crippen molar-refractivity contribution in [1.82, 2.24) is 20.0 Å². The van der Waals surface area contributed by atoms with E-state index in [4.69, 9.17) is 4.74 Å². The molecule has 0 aromatic heterocycles. The van der Waals surface area contributed by atoms with Crippen LogP contribution in [0.25, 0.3) is 0 Å². The summed E-state index contributed by atoms with van der Waals surface area (Å²) in [6.45, 7) is 10.1. The van der Waals surface area contributed by atoms with Gasteiger partial charge in [0.1, 0.15) is 0 Å². The molecule has 2 N–H and O–H groups in total. The molecule has 2 heterocycles. The van der Waals surface area contributed by atoms with Crippen LogP contribution in [-0.4, -0.2) is 78.6 Å². The molecule has 0 saturated carbocycles. The minimum atomic E-state index is -0.608. The summed E-state index contributed by atoms with van der Waals surface area (Å²) in [4.78, 5) is 44.8. The Morgan fingerprint density at radius 3 is 2.53 bits per heavy atom. The molecule has 2 aliphatic rings. The lowest BCUT2D eigenvalue weighted by Gasteiger charge is -2.42. The van der Waals surface area contributed by atoms with Crippen LogP contribution in [0.5, 0.6) is 0 Å². The zero-order valence-corrected chi connectivity index (χ0v) is 22.8. The molecule has 2 aromatic rings. The summed E-state index contributed by atoms with van der Waals surface area (Å²) in [6.07, 6.45) is 0. The van der Waals surface area contributed by atoms with Crippen LogP contribution in [0.4, 0.5) is 15.3 Å². The maximum absolute atomic E-state index is 13.3. The number of nitrogens with zero attached hydrogens (tertiary/aromatic N) is 3. The molecule has 202 valence electrons. The van der Waals surface area contributed by atoms with Crippen LogP contribution < -0.4 is 10.6 Å². The maximum atomic E-state index is 13.3. The number of esters is 1. The number of carbonyl (C=O) groups is 3. The molecule has 0 unspecified atom stereocenters. The Morgan fingerprint density at radius 1 is 1.11 bits per heavy atom. The molecule has 9 nitrogen and oxygen atoms in total. The minimum absolute atomic E-state index is 0.0587. The van der Waals surface area contributed by atoms with Gasteiger partial charge in [-0.1, -0.05) is 42.0 Å². The van der Waals surface area contributed by atoms with E-state index in [9.17, 15) is 14.4 Å². The molecule has 2 aromatic carbocycles. The Kier molecular flexibility index (Phi) is 8.36. The van der Waals surface area contributed by atoms with Crippen LogP contribution in [-0.2, 0) is 9.53 Å². The van der Waals surface area contributed by atoms with Crippen molar-refractivity contribution in [1.29, 1.82) is 0 Å². The second-order valence-corrected chi connectivity index (χ2v) is 9.96. The fourth-order valence-corrected chi connectivity index (χ4v) is 5.11. The number of urea groups is 2. The minimum Gasteiger partial charge on any atom is -0.463 e. The molecule has 0 spiro atoms. The van der Waals surface area contributed by atoms with Gasteiger partial charge in [-0.2, -0.15) is 0 Å². The molecule has 2 atom stereocenters. The van der Waals surface area contributed by atoms with Crippen molar-refractivity contribution < 1.29 is 19.1 Å². The van der Waals surface area contributed by atoms with Crippen molar-refractivity contribution in [3.8, 4) is 0 Å². The number of ether oxygens (including phenoxy) is 1. The molecular weight excluding hydrogens is 482 g/mol. The summed E-state index contributed by atoms with van der Waals surface area (Å²) >= 11 is 0. The lowest BCUT2D eigenvalue weighted by atomic mass is 9.90. The number of hydrogen-bond donors (Lipinski definition) is 2. The van der Waals surface area contributed by atoms with E-state index in [0.29, 0.717) is 37.4 Å². The monoisotopic (exact) mass is 519 g/mol. The predicted octanol–water partition coefficient (Wildman–Crippen LogP) is 4.05. The first-order chi connectivity index (χ1) is 18.2. The highest BCUT2D eigenvalue weighted by atomic mass is 16.5. The average molecular weight is 520 g/mol. The van der Waals surface area contributed by atoms with E-state index in [1.165, 1.54) is 4.90 Å². The third-order valence-corrected chi connectivity index (χ3v) is 7.19. The normalized spacial score (nSPS) is 20.3. The standard InChI is InChI=1S/C29H37N5O4/c1-6-38-27(35)25-24(32(5)28(36)31-26(25)23-16-19(2)12-13-20(23)3)18-33-14-15-34(21(4)17-33)29(37)30-22-10-8-7-9-11-22/h7-13,16,21,26H,6,14-15,17-18H2,1-5H3,(H,30,37)(H,31,36)/t21-,26+/m1/s1. The molecule has 1 fully saturated rings. The Labute approximate surface area is 224 Å². The molecule has 0 aliphatic carbocycles. The van der Waals surface area contributed by atoms with Gasteiger partial charge in [0, 0.05) is 50.7 Å². The van der Waals surface area contributed by atoms with Gasteiger partial charge in [-0.25, -0.2) is 14.4 Å². The fourth-order valence-electron chi connectivity index (χ4n) is 5.11. The number of aryl methyl sites for hydroxylation is 2. The van der Waals surface area contributed by atoms with Crippen molar-refractivity contribution >= 4 is 23.7 Å². The third kappa shape index (κ3) is 5.83. The van der Waals surface area contributed by atoms with Gasteiger partial charge < -0.3 is 20.3 Å². The molecule has 0 radical (unpaired) electrons. The van der Waals surface area contributed by atoms with Crippen molar-refractivity contribution in [2.45, 2.75) is 39.8 Å². The molecule has 38 heavy (non-hydrogen) atoms. The van der Waals surface area contributed by atoms with Gasteiger partial charge in [-0.3, -0.25) is 9.80 Å². The fraction of sp³-hybridized carbons (Fsp3) is 0.414. The van der Waals surface area contributed by atoms with Crippen LogP contribution in [0.1, 0.15) is 36.6 Å². The molecule has 4 amide bonds. The highest BCUT2D eigenvalue weighted by molar-refractivity contribution is 5.95. The Morgan fingerprint density at radius 2 is 1.84 bits per heavy atom. The zero-order chi connectivity index (χ0) is 27.4. The molecule has 4 rings (SSSR count). The van der Waals surface area contributed by atoms with Crippen molar-refractivity contribution in [3.63, 3.8) is 0 Å². The third-order valence-electron chi connectivity index (χ3n) is 7.19. The summed E-state index contributed by atoms with van der Waals surface area (Å²) in [5, 5.41) is 5.97. The van der Waals surface area contributed by atoms with Crippen molar-refractivity contribution in [3.05, 3.63) is 76.5 Å². The molecule has 0 bridgehead atoms. The van der Waals surface area contributed by atoms with Crippen LogP contribution >= 0.6 is 0 Å². The van der Waals surface area contributed by atoms with E-state index in [1.807, 2.05) is 74.2 Å². The van der Waals surface area contributed by atoms with E-state index >= 15 is 0 Å². The summed E-state index contributed by atoms with van der Waals surface area (Å²) in [5.41, 5.74) is 4.72. The van der Waals surface area contributed by atoms with Gasteiger partial charge in [-0.15, -0.1) is 0 Å². The highest BCUT2D eigenvalue weighted by Gasteiger charge is 2.39. The lowest BCUT2D eigenvalue weighted by Crippen LogP contribution is -2.57. The zero-order valence-electron chi connectivity index (χ0n) is 22.8. The van der Waals surface area contributed by atoms with Crippen LogP contribution in [0.3, 0.4) is 0 Å². The second-order valence-electron chi connectivity index (χ2n) is 9.96. The van der Waals surface area contributed by atoms with Crippen LogP contribution in [0, 0.1) is 13.8 Å². The van der Waals surface area contributed by atoms with Gasteiger partial charge >= 0.3 is 18.0 Å². The van der Waals surface area contributed by atoms with E-state index in [-0.39, 0.29) is 24.7 Å².